The van der Waals surface area contributed by atoms with Gasteiger partial charge in [-0.15, -0.1) is 0 Å². The lowest BCUT2D eigenvalue weighted by atomic mass is 9.89. The molecule has 4 aromatic rings. The molecule has 0 radical (unpaired) electrons. The van der Waals surface area contributed by atoms with E-state index in [-0.39, 0.29) is 6.08 Å². The number of hydrogen-bond acceptors (Lipinski definition) is 5. The number of benzene rings is 3. The minimum atomic E-state index is 0.244. The fraction of sp³-hybridized carbons (Fsp3) is 0.269. The summed E-state index contributed by atoms with van der Waals surface area (Å²) in [7, 11) is 0. The van der Waals surface area contributed by atoms with Crippen LogP contribution in [0.4, 0.5) is 0 Å². The van der Waals surface area contributed by atoms with Crippen LogP contribution in [0.5, 0.6) is 17.6 Å². The zero-order chi connectivity index (χ0) is 20.9. The Kier molecular flexibility index (Phi) is 5.85. The Bertz CT molecular complexity index is 1070. The van der Waals surface area contributed by atoms with Crippen molar-refractivity contribution in [3.63, 3.8) is 0 Å². The first-order valence-electron chi connectivity index (χ1n) is 10.9. The first-order chi connectivity index (χ1) is 15.3. The summed E-state index contributed by atoms with van der Waals surface area (Å²) >= 11 is 0. The van der Waals surface area contributed by atoms with Crippen LogP contribution in [-0.4, -0.2) is 36.1 Å². The van der Waals surface area contributed by atoms with E-state index >= 15 is 0 Å². The number of nitrogens with zero attached hydrogens (tertiary/aromatic N) is 2. The molecule has 5 nitrogen and oxygen atoms in total. The quantitative estimate of drug-likeness (QED) is 0.378. The fourth-order valence-corrected chi connectivity index (χ4v) is 4.11. The molecule has 1 aliphatic heterocycles. The van der Waals surface area contributed by atoms with Crippen molar-refractivity contribution < 1.29 is 13.9 Å². The molecular weight excluding hydrogens is 388 g/mol. The lowest BCUT2D eigenvalue weighted by Crippen LogP contribution is -2.35. The molecule has 1 aliphatic rings. The third-order valence-electron chi connectivity index (χ3n) is 5.84. The van der Waals surface area contributed by atoms with Crippen molar-refractivity contribution >= 4 is 11.1 Å². The van der Waals surface area contributed by atoms with Crippen LogP contribution < -0.4 is 9.47 Å². The molecule has 1 fully saturated rings. The highest BCUT2D eigenvalue weighted by Gasteiger charge is 2.20. The highest BCUT2D eigenvalue weighted by Crippen LogP contribution is 2.28. The lowest BCUT2D eigenvalue weighted by molar-refractivity contribution is 0.173. The number of rotatable bonds is 7. The van der Waals surface area contributed by atoms with Crippen LogP contribution in [-0.2, 0) is 0 Å². The molecule has 2 heterocycles. The predicted octanol–water partition coefficient (Wildman–Crippen LogP) is 5.88. The molecule has 158 valence electrons. The summed E-state index contributed by atoms with van der Waals surface area (Å²) in [6.07, 6.45) is 2.67. The molecule has 1 saturated heterocycles. The zero-order valence-electron chi connectivity index (χ0n) is 17.4. The van der Waals surface area contributed by atoms with Gasteiger partial charge in [-0.2, -0.15) is 4.98 Å². The number of aromatic nitrogens is 1. The highest BCUT2D eigenvalue weighted by atomic mass is 16.6. The SMILES string of the molecule is c1ccc(C2CCN(CCOc3ccc(Oc4nc5ccccc5o4)cc3)CC2)cc1. The normalized spacial score (nSPS) is 15.2. The summed E-state index contributed by atoms with van der Waals surface area (Å²) in [5.74, 6) is 2.19. The average molecular weight is 415 g/mol. The van der Waals surface area contributed by atoms with Crippen molar-refractivity contribution in [3.05, 3.63) is 84.4 Å². The van der Waals surface area contributed by atoms with Crippen LogP contribution in [0.25, 0.3) is 11.1 Å². The minimum absolute atomic E-state index is 0.244. The molecule has 31 heavy (non-hydrogen) atoms. The van der Waals surface area contributed by atoms with E-state index in [0.717, 1.165) is 30.9 Å². The van der Waals surface area contributed by atoms with Gasteiger partial charge in [-0.05, 0) is 73.8 Å². The van der Waals surface area contributed by atoms with Crippen LogP contribution in [0, 0.1) is 0 Å². The number of para-hydroxylation sites is 2. The highest BCUT2D eigenvalue weighted by molar-refractivity contribution is 5.72. The Balaban J connectivity index is 1.07. The van der Waals surface area contributed by atoms with Crippen molar-refractivity contribution in [1.82, 2.24) is 9.88 Å². The van der Waals surface area contributed by atoms with Gasteiger partial charge < -0.3 is 13.9 Å². The van der Waals surface area contributed by atoms with Crippen molar-refractivity contribution in [2.24, 2.45) is 0 Å². The van der Waals surface area contributed by atoms with Crippen molar-refractivity contribution in [1.29, 1.82) is 0 Å². The number of ether oxygens (including phenoxy) is 2. The summed E-state index contributed by atoms with van der Waals surface area (Å²) in [4.78, 5) is 6.82. The average Bonchev–Trinajstić information content (AvgIpc) is 3.24. The van der Waals surface area contributed by atoms with Crippen LogP contribution in [0.1, 0.15) is 24.3 Å². The Morgan fingerprint density at radius 2 is 1.55 bits per heavy atom. The van der Waals surface area contributed by atoms with Gasteiger partial charge in [0, 0.05) is 6.54 Å². The van der Waals surface area contributed by atoms with Gasteiger partial charge in [-0.1, -0.05) is 42.5 Å². The second kappa shape index (κ2) is 9.23. The van der Waals surface area contributed by atoms with Crippen LogP contribution >= 0.6 is 0 Å². The molecule has 0 atom stereocenters. The van der Waals surface area contributed by atoms with Gasteiger partial charge in [-0.25, -0.2) is 0 Å². The molecule has 0 bridgehead atoms. The van der Waals surface area contributed by atoms with E-state index < -0.39 is 0 Å². The maximum atomic E-state index is 5.94. The molecule has 0 spiro atoms. The lowest BCUT2D eigenvalue weighted by Gasteiger charge is -2.32. The first kappa shape index (κ1) is 19.6. The first-order valence-corrected chi connectivity index (χ1v) is 10.9. The molecule has 0 saturated carbocycles. The topological polar surface area (TPSA) is 47.7 Å². The largest absolute Gasteiger partial charge is 0.492 e. The molecule has 0 aliphatic carbocycles. The molecule has 5 rings (SSSR count). The maximum Gasteiger partial charge on any atom is 0.400 e. The van der Waals surface area contributed by atoms with Crippen LogP contribution in [0.3, 0.4) is 0 Å². The van der Waals surface area contributed by atoms with E-state index in [2.05, 4.69) is 40.2 Å². The van der Waals surface area contributed by atoms with Gasteiger partial charge in [0.25, 0.3) is 0 Å². The third kappa shape index (κ3) is 4.89. The molecule has 5 heteroatoms. The second-order valence-electron chi connectivity index (χ2n) is 7.90. The molecule has 0 unspecified atom stereocenters. The van der Waals surface area contributed by atoms with Gasteiger partial charge in [0.15, 0.2) is 5.58 Å². The molecule has 0 N–H and O–H groups in total. The van der Waals surface area contributed by atoms with Gasteiger partial charge in [0.2, 0.25) is 0 Å². The number of hydrogen-bond donors (Lipinski definition) is 0. The molecule has 0 amide bonds. The Labute approximate surface area is 182 Å². The van der Waals surface area contributed by atoms with Gasteiger partial charge in [0.1, 0.15) is 23.6 Å². The summed E-state index contributed by atoms with van der Waals surface area (Å²) in [5.41, 5.74) is 2.97. The molecule has 1 aromatic heterocycles. The van der Waals surface area contributed by atoms with E-state index in [1.807, 2.05) is 48.5 Å². The number of piperidine rings is 1. The fourth-order valence-electron chi connectivity index (χ4n) is 4.11. The molecular formula is C26H26N2O3. The predicted molar refractivity (Wildman–Crippen MR) is 121 cm³/mol. The van der Waals surface area contributed by atoms with Crippen LogP contribution in [0.2, 0.25) is 0 Å². The molecule has 3 aromatic carbocycles. The Morgan fingerprint density at radius 3 is 2.32 bits per heavy atom. The Morgan fingerprint density at radius 1 is 0.839 bits per heavy atom. The van der Waals surface area contributed by atoms with Gasteiger partial charge in [0.05, 0.1) is 0 Å². The summed E-state index contributed by atoms with van der Waals surface area (Å²) < 4.78 is 17.3. The van der Waals surface area contributed by atoms with Crippen molar-refractivity contribution in [2.45, 2.75) is 18.8 Å². The smallest absolute Gasteiger partial charge is 0.400 e. The van der Waals surface area contributed by atoms with E-state index in [1.165, 1.54) is 18.4 Å². The third-order valence-corrected chi connectivity index (χ3v) is 5.84. The number of fused-ring (bicyclic) bond motifs is 1. The monoisotopic (exact) mass is 414 g/mol. The van der Waals surface area contributed by atoms with Crippen molar-refractivity contribution in [3.8, 4) is 17.6 Å². The number of oxazole rings is 1. The summed E-state index contributed by atoms with van der Waals surface area (Å²) in [5, 5.41) is 0. The maximum absolute atomic E-state index is 5.94. The zero-order valence-corrected chi connectivity index (χ0v) is 17.4. The number of likely N-dealkylation sites (tertiary alicyclic amines) is 1. The van der Waals surface area contributed by atoms with E-state index in [4.69, 9.17) is 13.9 Å². The van der Waals surface area contributed by atoms with E-state index in [1.54, 1.807) is 0 Å². The summed E-state index contributed by atoms with van der Waals surface area (Å²) in [6.45, 7) is 3.88. The minimum Gasteiger partial charge on any atom is -0.492 e. The van der Waals surface area contributed by atoms with E-state index in [9.17, 15) is 0 Å². The van der Waals surface area contributed by atoms with Crippen LogP contribution in [0.15, 0.2) is 83.3 Å². The second-order valence-corrected chi connectivity index (χ2v) is 7.90. The van der Waals surface area contributed by atoms with Gasteiger partial charge in [-0.3, -0.25) is 4.90 Å². The van der Waals surface area contributed by atoms with E-state index in [0.29, 0.717) is 23.9 Å². The Hall–Kier alpha value is -3.31. The summed E-state index contributed by atoms with van der Waals surface area (Å²) in [6, 6.07) is 26.0. The van der Waals surface area contributed by atoms with Crippen molar-refractivity contribution in [2.75, 3.05) is 26.2 Å². The van der Waals surface area contributed by atoms with Gasteiger partial charge >= 0.3 is 6.08 Å². The standard InChI is InChI=1S/C26H26N2O3/c1-2-6-20(7-3-1)21-14-16-28(17-15-21)18-19-29-22-10-12-23(13-11-22)30-26-27-24-8-4-5-9-25(24)31-26/h1-13,21H,14-19H2.